The van der Waals surface area contributed by atoms with Gasteiger partial charge in [-0.15, -0.1) is 11.3 Å². The van der Waals surface area contributed by atoms with E-state index >= 15 is 0 Å². The Kier molecular flexibility index (Phi) is 6.52. The standard InChI is InChI=1S/C25H27F3N4O5S/c1-13(33)35-20(25(26,27)28)14-9-17(21-29-7-8-38-21)19-18(10-14)30-22(36-19)31-11-15-5-6-16(12-31)32(15)23(34)37-24(2,3)4/h7-10,15-16,20H,5-6,11-12H2,1-4H3. The Labute approximate surface area is 220 Å². The number of nitrogens with zero attached hydrogens (tertiary/aromatic N) is 4. The minimum absolute atomic E-state index is 0.105. The summed E-state index contributed by atoms with van der Waals surface area (Å²) in [7, 11) is 0. The fourth-order valence-electron chi connectivity index (χ4n) is 5.01. The lowest BCUT2D eigenvalue weighted by atomic mass is 10.0. The molecule has 1 aromatic carbocycles. The smallest absolute Gasteiger partial charge is 0.429 e. The van der Waals surface area contributed by atoms with E-state index in [1.165, 1.54) is 29.7 Å². The van der Waals surface area contributed by atoms with E-state index in [4.69, 9.17) is 9.15 Å². The Morgan fingerprint density at radius 2 is 1.84 bits per heavy atom. The lowest BCUT2D eigenvalue weighted by Gasteiger charge is -2.40. The second kappa shape index (κ2) is 9.44. The number of oxazole rings is 1. The predicted octanol–water partition coefficient (Wildman–Crippen LogP) is 5.71. The lowest BCUT2D eigenvalue weighted by Crippen LogP contribution is -2.56. The number of hydrogen-bond donors (Lipinski definition) is 0. The number of carbonyl (C=O) groups excluding carboxylic acids is 2. The Balaban J connectivity index is 1.50. The van der Waals surface area contributed by atoms with Gasteiger partial charge in [0.05, 0.1) is 17.6 Å². The summed E-state index contributed by atoms with van der Waals surface area (Å²) in [5.41, 5.74) is -0.100. The third-order valence-corrected chi connectivity index (χ3v) is 7.21. The van der Waals surface area contributed by atoms with E-state index in [1.807, 2.05) is 25.7 Å². The average molecular weight is 553 g/mol. The van der Waals surface area contributed by atoms with E-state index in [-0.39, 0.29) is 40.9 Å². The van der Waals surface area contributed by atoms with Crippen LogP contribution in [0, 0.1) is 0 Å². The summed E-state index contributed by atoms with van der Waals surface area (Å²) in [6.07, 6.45) is -4.52. The van der Waals surface area contributed by atoms with E-state index in [1.54, 1.807) is 10.3 Å². The number of hydrogen-bond acceptors (Lipinski definition) is 9. The van der Waals surface area contributed by atoms with Gasteiger partial charge < -0.3 is 18.8 Å². The molecule has 1 amide bonds. The third-order valence-electron chi connectivity index (χ3n) is 6.40. The van der Waals surface area contributed by atoms with Crippen molar-refractivity contribution in [1.29, 1.82) is 0 Å². The van der Waals surface area contributed by atoms with Crippen molar-refractivity contribution >= 4 is 40.5 Å². The zero-order chi connectivity index (χ0) is 27.4. The van der Waals surface area contributed by atoms with E-state index in [9.17, 15) is 22.8 Å². The van der Waals surface area contributed by atoms with Crippen LogP contribution in [0.3, 0.4) is 0 Å². The molecule has 2 bridgehead atoms. The van der Waals surface area contributed by atoms with Gasteiger partial charge in [0.25, 0.3) is 6.01 Å². The van der Waals surface area contributed by atoms with E-state index in [2.05, 4.69) is 14.7 Å². The number of benzene rings is 1. The SMILES string of the molecule is CC(=O)OC(c1cc(-c2nccs2)c2oc(N3CC4CCC(C3)N4C(=O)OC(C)(C)C)nc2c1)C(F)(F)F. The fraction of sp³-hybridized carbons (Fsp3) is 0.520. The van der Waals surface area contributed by atoms with Gasteiger partial charge >= 0.3 is 18.2 Å². The molecule has 9 nitrogen and oxygen atoms in total. The highest BCUT2D eigenvalue weighted by Crippen LogP contribution is 2.42. The predicted molar refractivity (Wildman–Crippen MR) is 133 cm³/mol. The molecule has 2 aromatic heterocycles. The van der Waals surface area contributed by atoms with Crippen LogP contribution in [-0.4, -0.2) is 63.9 Å². The van der Waals surface area contributed by atoms with Crippen LogP contribution in [0.15, 0.2) is 28.1 Å². The molecule has 13 heteroatoms. The maximum Gasteiger partial charge on any atom is 0.429 e. The molecule has 3 unspecified atom stereocenters. The zero-order valence-electron chi connectivity index (χ0n) is 21.2. The van der Waals surface area contributed by atoms with Crippen LogP contribution >= 0.6 is 11.3 Å². The van der Waals surface area contributed by atoms with Crippen molar-refractivity contribution in [3.8, 4) is 10.6 Å². The van der Waals surface area contributed by atoms with Gasteiger partial charge in [0.2, 0.25) is 6.10 Å². The number of esters is 1. The van der Waals surface area contributed by atoms with Crippen molar-refractivity contribution in [1.82, 2.24) is 14.9 Å². The Morgan fingerprint density at radius 1 is 1.16 bits per heavy atom. The summed E-state index contributed by atoms with van der Waals surface area (Å²) >= 11 is 1.24. The first-order valence-electron chi connectivity index (χ1n) is 12.1. The van der Waals surface area contributed by atoms with Crippen LogP contribution in [0.1, 0.15) is 52.2 Å². The van der Waals surface area contributed by atoms with Gasteiger partial charge in [-0.05, 0) is 45.7 Å². The topological polar surface area (TPSA) is 98.0 Å². The fourth-order valence-corrected chi connectivity index (χ4v) is 5.66. The minimum atomic E-state index is -4.83. The second-order valence-electron chi connectivity index (χ2n) is 10.5. The molecule has 3 atom stereocenters. The highest BCUT2D eigenvalue weighted by Gasteiger charge is 2.46. The number of piperazine rings is 1. The van der Waals surface area contributed by atoms with Crippen LogP contribution in [0.2, 0.25) is 0 Å². The number of anilines is 1. The minimum Gasteiger partial charge on any atom is -0.448 e. The van der Waals surface area contributed by atoms with Crippen molar-refractivity contribution in [3.05, 3.63) is 29.3 Å². The third kappa shape index (κ3) is 5.16. The summed E-state index contributed by atoms with van der Waals surface area (Å²) in [6.45, 7) is 7.28. The summed E-state index contributed by atoms with van der Waals surface area (Å²) < 4.78 is 57.9. The van der Waals surface area contributed by atoms with Crippen LogP contribution in [0.4, 0.5) is 24.0 Å². The van der Waals surface area contributed by atoms with E-state index in [0.717, 1.165) is 19.8 Å². The molecular formula is C25H27F3N4O5S. The van der Waals surface area contributed by atoms with E-state index in [0.29, 0.717) is 23.7 Å². The quantitative estimate of drug-likeness (QED) is 0.380. The van der Waals surface area contributed by atoms with Gasteiger partial charge in [-0.1, -0.05) is 0 Å². The molecule has 204 valence electrons. The van der Waals surface area contributed by atoms with Crippen molar-refractivity contribution in [2.75, 3.05) is 18.0 Å². The van der Waals surface area contributed by atoms with Gasteiger partial charge in [0, 0.05) is 37.2 Å². The molecule has 0 N–H and O–H groups in total. The summed E-state index contributed by atoms with van der Waals surface area (Å²) in [6, 6.07) is 2.54. The maximum absolute atomic E-state index is 13.8. The van der Waals surface area contributed by atoms with Gasteiger partial charge in [-0.25, -0.2) is 9.78 Å². The number of carbonyl (C=O) groups is 2. The number of rotatable bonds is 4. The molecule has 3 aromatic rings. The lowest BCUT2D eigenvalue weighted by molar-refractivity contribution is -0.222. The van der Waals surface area contributed by atoms with Gasteiger partial charge in [-0.2, -0.15) is 18.2 Å². The number of amides is 1. The molecule has 0 spiro atoms. The molecule has 5 rings (SSSR count). The maximum atomic E-state index is 13.8. The Morgan fingerprint density at radius 3 is 2.39 bits per heavy atom. The van der Waals surface area contributed by atoms with Gasteiger partial charge in [0.15, 0.2) is 5.58 Å². The molecule has 2 aliphatic rings. The number of alkyl halides is 3. The first kappa shape index (κ1) is 26.3. The van der Waals surface area contributed by atoms with Gasteiger partial charge in [-0.3, -0.25) is 9.69 Å². The first-order chi connectivity index (χ1) is 17.8. The van der Waals surface area contributed by atoms with Crippen LogP contribution in [0.25, 0.3) is 21.7 Å². The first-order valence-corrected chi connectivity index (χ1v) is 13.0. The molecule has 2 aliphatic heterocycles. The molecule has 0 aliphatic carbocycles. The molecular weight excluding hydrogens is 525 g/mol. The molecule has 0 saturated carbocycles. The molecule has 2 saturated heterocycles. The van der Waals surface area contributed by atoms with Crippen molar-refractivity contribution in [2.24, 2.45) is 0 Å². The van der Waals surface area contributed by atoms with Crippen LogP contribution < -0.4 is 4.90 Å². The summed E-state index contributed by atoms with van der Waals surface area (Å²) in [5, 5.41) is 2.14. The number of fused-ring (bicyclic) bond motifs is 3. The van der Waals surface area contributed by atoms with Crippen molar-refractivity contribution < 1.29 is 36.7 Å². The number of aromatic nitrogens is 2. The normalized spacial score (nSPS) is 20.6. The van der Waals surface area contributed by atoms with Gasteiger partial charge in [0.1, 0.15) is 16.1 Å². The second-order valence-corrected chi connectivity index (χ2v) is 11.4. The number of ether oxygens (including phenoxy) is 2. The highest BCUT2D eigenvalue weighted by atomic mass is 32.1. The summed E-state index contributed by atoms with van der Waals surface area (Å²) in [4.78, 5) is 36.7. The van der Waals surface area contributed by atoms with Crippen LogP contribution in [0.5, 0.6) is 0 Å². The average Bonchev–Trinajstić information content (AvgIpc) is 3.53. The monoisotopic (exact) mass is 552 g/mol. The molecule has 4 heterocycles. The zero-order valence-corrected chi connectivity index (χ0v) is 22.1. The summed E-state index contributed by atoms with van der Waals surface area (Å²) in [5.74, 6) is -1.05. The van der Waals surface area contributed by atoms with E-state index < -0.39 is 23.9 Å². The van der Waals surface area contributed by atoms with Crippen molar-refractivity contribution in [3.63, 3.8) is 0 Å². The largest absolute Gasteiger partial charge is 0.448 e. The molecule has 38 heavy (non-hydrogen) atoms. The highest BCUT2D eigenvalue weighted by molar-refractivity contribution is 7.13. The number of halogens is 3. The number of thiazole rings is 1. The Hall–Kier alpha value is -3.35. The van der Waals surface area contributed by atoms with Crippen LogP contribution in [-0.2, 0) is 14.3 Å². The molecule has 2 fully saturated rings. The Bertz CT molecular complexity index is 1340. The molecule has 0 radical (unpaired) electrons. The van der Waals surface area contributed by atoms with Crippen molar-refractivity contribution in [2.45, 2.75) is 70.5 Å².